The van der Waals surface area contributed by atoms with Crippen LogP contribution in [0.2, 0.25) is 0 Å². The van der Waals surface area contributed by atoms with Gasteiger partial charge in [-0.15, -0.1) is 0 Å². The predicted molar refractivity (Wildman–Crippen MR) is 69.4 cm³/mol. The van der Waals surface area contributed by atoms with Crippen LogP contribution >= 0.6 is 0 Å². The Morgan fingerprint density at radius 3 is 2.56 bits per heavy atom. The largest absolute Gasteiger partial charge is 0.328 e. The van der Waals surface area contributed by atoms with Gasteiger partial charge in [-0.3, -0.25) is 0 Å². The molecular formula is C14H28N2. The van der Waals surface area contributed by atoms with Crippen LogP contribution in [0.3, 0.4) is 0 Å². The van der Waals surface area contributed by atoms with Crippen molar-refractivity contribution in [3.63, 3.8) is 0 Å². The van der Waals surface area contributed by atoms with E-state index in [1.54, 1.807) is 0 Å². The van der Waals surface area contributed by atoms with E-state index >= 15 is 0 Å². The third-order valence-electron chi connectivity index (χ3n) is 4.66. The van der Waals surface area contributed by atoms with E-state index in [0.717, 1.165) is 17.9 Å². The second-order valence-corrected chi connectivity index (χ2v) is 6.30. The van der Waals surface area contributed by atoms with Crippen molar-refractivity contribution in [2.75, 3.05) is 13.6 Å². The fraction of sp³-hybridized carbons (Fsp3) is 1.00. The Morgan fingerprint density at radius 1 is 1.12 bits per heavy atom. The van der Waals surface area contributed by atoms with Gasteiger partial charge >= 0.3 is 0 Å². The van der Waals surface area contributed by atoms with E-state index in [9.17, 15) is 0 Å². The second-order valence-electron chi connectivity index (χ2n) is 6.30. The predicted octanol–water partition coefficient (Wildman–Crippen LogP) is 2.62. The molecule has 0 spiro atoms. The molecule has 4 unspecified atom stereocenters. The number of rotatable bonds is 3. The molecule has 2 rings (SSSR count). The summed E-state index contributed by atoms with van der Waals surface area (Å²) in [7, 11) is 2.33. The molecule has 2 aliphatic carbocycles. The zero-order valence-corrected chi connectivity index (χ0v) is 11.0. The Labute approximate surface area is 101 Å². The Balaban J connectivity index is 1.76. The van der Waals surface area contributed by atoms with Gasteiger partial charge in [0.2, 0.25) is 0 Å². The quantitative estimate of drug-likeness (QED) is 0.798. The molecule has 0 heterocycles. The first-order valence-corrected chi connectivity index (χ1v) is 7.11. The van der Waals surface area contributed by atoms with E-state index in [-0.39, 0.29) is 0 Å². The highest BCUT2D eigenvalue weighted by Crippen LogP contribution is 2.30. The van der Waals surface area contributed by atoms with Crippen LogP contribution in [0.25, 0.3) is 0 Å². The molecule has 16 heavy (non-hydrogen) atoms. The number of hydrogen-bond acceptors (Lipinski definition) is 2. The van der Waals surface area contributed by atoms with Gasteiger partial charge in [-0.2, -0.15) is 0 Å². The lowest BCUT2D eigenvalue weighted by Crippen LogP contribution is -2.38. The molecule has 0 aromatic heterocycles. The van der Waals surface area contributed by atoms with Gasteiger partial charge in [0.05, 0.1) is 0 Å². The average Bonchev–Trinajstić information content (AvgIpc) is 2.64. The Kier molecular flexibility index (Phi) is 4.26. The molecule has 0 aromatic rings. The van der Waals surface area contributed by atoms with Gasteiger partial charge in [0.1, 0.15) is 0 Å². The highest BCUT2D eigenvalue weighted by molar-refractivity contribution is 4.83. The van der Waals surface area contributed by atoms with Crippen LogP contribution in [0.1, 0.15) is 51.9 Å². The molecular weight excluding hydrogens is 196 g/mol. The zero-order chi connectivity index (χ0) is 11.5. The molecule has 0 bridgehead atoms. The Bertz CT molecular complexity index is 217. The monoisotopic (exact) mass is 224 g/mol. The first kappa shape index (κ1) is 12.4. The van der Waals surface area contributed by atoms with Crippen molar-refractivity contribution in [2.45, 2.75) is 64.0 Å². The summed E-state index contributed by atoms with van der Waals surface area (Å²) in [5, 5.41) is 0. The van der Waals surface area contributed by atoms with Gasteiger partial charge in [-0.25, -0.2) is 0 Å². The third kappa shape index (κ3) is 3.21. The highest BCUT2D eigenvalue weighted by Gasteiger charge is 2.27. The molecule has 2 aliphatic rings. The topological polar surface area (TPSA) is 29.3 Å². The highest BCUT2D eigenvalue weighted by atomic mass is 15.1. The van der Waals surface area contributed by atoms with Crippen LogP contribution in [-0.4, -0.2) is 30.6 Å². The lowest BCUT2D eigenvalue weighted by molar-refractivity contribution is 0.144. The van der Waals surface area contributed by atoms with E-state index in [1.807, 2.05) is 0 Å². The molecule has 0 saturated heterocycles. The van der Waals surface area contributed by atoms with Gasteiger partial charge in [0.25, 0.3) is 0 Å². The summed E-state index contributed by atoms with van der Waals surface area (Å²) in [6, 6.07) is 1.34. The summed E-state index contributed by atoms with van der Waals surface area (Å²) in [5.41, 5.74) is 5.98. The molecule has 94 valence electrons. The number of nitrogens with zero attached hydrogens (tertiary/aromatic N) is 1. The fourth-order valence-corrected chi connectivity index (χ4v) is 3.64. The summed E-state index contributed by atoms with van der Waals surface area (Å²) in [6.45, 7) is 3.69. The van der Waals surface area contributed by atoms with Gasteiger partial charge in [0.15, 0.2) is 0 Å². The molecule has 2 nitrogen and oxygen atoms in total. The van der Waals surface area contributed by atoms with Crippen molar-refractivity contribution in [1.82, 2.24) is 4.90 Å². The van der Waals surface area contributed by atoms with E-state index in [0.29, 0.717) is 6.04 Å². The van der Waals surface area contributed by atoms with E-state index in [2.05, 4.69) is 18.9 Å². The molecule has 2 heteroatoms. The van der Waals surface area contributed by atoms with Gasteiger partial charge in [-0.05, 0) is 51.0 Å². The molecule has 0 aliphatic heterocycles. The summed E-state index contributed by atoms with van der Waals surface area (Å²) in [5.74, 6) is 1.81. The number of nitrogens with two attached hydrogens (primary N) is 1. The van der Waals surface area contributed by atoms with E-state index in [4.69, 9.17) is 5.73 Å². The second kappa shape index (κ2) is 5.50. The smallest absolute Gasteiger partial charge is 0.00948 e. The summed E-state index contributed by atoms with van der Waals surface area (Å²) >= 11 is 0. The Hall–Kier alpha value is -0.0800. The first-order valence-electron chi connectivity index (χ1n) is 7.11. The summed E-state index contributed by atoms with van der Waals surface area (Å²) < 4.78 is 0. The molecule has 0 aromatic carbocycles. The van der Waals surface area contributed by atoms with Crippen molar-refractivity contribution in [1.29, 1.82) is 0 Å². The van der Waals surface area contributed by atoms with Crippen molar-refractivity contribution in [2.24, 2.45) is 17.6 Å². The lowest BCUT2D eigenvalue weighted by atomic mass is 9.86. The maximum Gasteiger partial charge on any atom is 0.00948 e. The van der Waals surface area contributed by atoms with Crippen LogP contribution in [0.5, 0.6) is 0 Å². The Morgan fingerprint density at radius 2 is 1.94 bits per heavy atom. The summed E-state index contributed by atoms with van der Waals surface area (Å²) in [6.07, 6.45) is 9.56. The van der Waals surface area contributed by atoms with Crippen LogP contribution in [0.15, 0.2) is 0 Å². The molecule has 0 amide bonds. The standard InChI is InChI=1S/C14H28N2/c1-11-4-3-5-14(8-11)16(2)10-12-6-7-13(15)9-12/h11-14H,3-10,15H2,1-2H3. The van der Waals surface area contributed by atoms with Crippen LogP contribution in [0.4, 0.5) is 0 Å². The van der Waals surface area contributed by atoms with Crippen molar-refractivity contribution in [3.8, 4) is 0 Å². The van der Waals surface area contributed by atoms with Crippen molar-refractivity contribution in [3.05, 3.63) is 0 Å². The van der Waals surface area contributed by atoms with E-state index in [1.165, 1.54) is 51.5 Å². The van der Waals surface area contributed by atoms with Crippen LogP contribution in [0, 0.1) is 11.8 Å². The average molecular weight is 224 g/mol. The first-order chi connectivity index (χ1) is 7.65. The molecule has 0 radical (unpaired) electrons. The minimum atomic E-state index is 0.490. The molecule has 2 fully saturated rings. The third-order valence-corrected chi connectivity index (χ3v) is 4.66. The van der Waals surface area contributed by atoms with Crippen molar-refractivity contribution < 1.29 is 0 Å². The van der Waals surface area contributed by atoms with Gasteiger partial charge in [0, 0.05) is 18.6 Å². The lowest BCUT2D eigenvalue weighted by Gasteiger charge is -2.35. The minimum Gasteiger partial charge on any atom is -0.328 e. The van der Waals surface area contributed by atoms with Crippen LogP contribution < -0.4 is 5.73 Å². The van der Waals surface area contributed by atoms with Crippen LogP contribution in [-0.2, 0) is 0 Å². The van der Waals surface area contributed by atoms with Crippen molar-refractivity contribution >= 4 is 0 Å². The fourth-order valence-electron chi connectivity index (χ4n) is 3.64. The molecule has 2 N–H and O–H groups in total. The van der Waals surface area contributed by atoms with Gasteiger partial charge < -0.3 is 10.6 Å². The summed E-state index contributed by atoms with van der Waals surface area (Å²) in [4.78, 5) is 2.62. The van der Waals surface area contributed by atoms with E-state index < -0.39 is 0 Å². The maximum absolute atomic E-state index is 5.98. The zero-order valence-electron chi connectivity index (χ0n) is 11.0. The number of hydrogen-bond donors (Lipinski definition) is 1. The maximum atomic E-state index is 5.98. The molecule has 2 saturated carbocycles. The molecule has 4 atom stereocenters. The van der Waals surface area contributed by atoms with Gasteiger partial charge in [-0.1, -0.05) is 19.8 Å². The SMILES string of the molecule is CC1CCCC(N(C)CC2CCC(N)C2)C1. The normalized spacial score (nSPS) is 40.5. The minimum absolute atomic E-state index is 0.490.